The molecule has 1 saturated heterocycles. The van der Waals surface area contributed by atoms with Gasteiger partial charge in [-0.25, -0.2) is 8.78 Å². The summed E-state index contributed by atoms with van der Waals surface area (Å²) in [5.74, 6) is -1.50. The second-order valence-electron chi connectivity index (χ2n) is 5.05. The number of nitrogens with one attached hydrogen (secondary N) is 1. The molecule has 1 aliphatic heterocycles. The molecule has 0 aliphatic carbocycles. The van der Waals surface area contributed by atoms with Crippen LogP contribution in [-0.4, -0.2) is 31.1 Å². The first-order valence-corrected chi connectivity index (χ1v) is 6.47. The van der Waals surface area contributed by atoms with Gasteiger partial charge in [-0.2, -0.15) is 0 Å². The lowest BCUT2D eigenvalue weighted by Crippen LogP contribution is -2.36. The standard InChI is InChI=1S/C14H20F2N2/c1-10(12-6-3-7-13(15)14(12)16)18(2)9-11-5-4-8-17-11/h3,6-7,10-11,17H,4-5,8-9H2,1-2H3. The highest BCUT2D eigenvalue weighted by atomic mass is 19.2. The summed E-state index contributed by atoms with van der Waals surface area (Å²) >= 11 is 0. The summed E-state index contributed by atoms with van der Waals surface area (Å²) in [5.41, 5.74) is 0.426. The van der Waals surface area contributed by atoms with E-state index in [1.807, 2.05) is 14.0 Å². The summed E-state index contributed by atoms with van der Waals surface area (Å²) in [4.78, 5) is 2.07. The van der Waals surface area contributed by atoms with E-state index in [-0.39, 0.29) is 6.04 Å². The molecule has 2 nitrogen and oxygen atoms in total. The Balaban J connectivity index is 2.05. The van der Waals surface area contributed by atoms with Gasteiger partial charge in [-0.1, -0.05) is 12.1 Å². The third-order valence-electron chi connectivity index (χ3n) is 3.76. The van der Waals surface area contributed by atoms with E-state index >= 15 is 0 Å². The average molecular weight is 254 g/mol. The molecular weight excluding hydrogens is 234 g/mol. The number of halogens is 2. The molecule has 2 rings (SSSR count). The number of likely N-dealkylation sites (N-methyl/N-ethyl adjacent to an activating group) is 1. The van der Waals surface area contributed by atoms with Crippen molar-refractivity contribution in [3.05, 3.63) is 35.4 Å². The van der Waals surface area contributed by atoms with Gasteiger partial charge in [0.05, 0.1) is 0 Å². The van der Waals surface area contributed by atoms with Crippen LogP contribution in [0.1, 0.15) is 31.4 Å². The van der Waals surface area contributed by atoms with Gasteiger partial charge in [-0.05, 0) is 39.4 Å². The van der Waals surface area contributed by atoms with Crippen LogP contribution in [0.2, 0.25) is 0 Å². The maximum atomic E-state index is 13.7. The first kappa shape index (κ1) is 13.4. The summed E-state index contributed by atoms with van der Waals surface area (Å²) in [5, 5.41) is 3.41. The van der Waals surface area contributed by atoms with E-state index in [0.29, 0.717) is 11.6 Å². The minimum absolute atomic E-state index is 0.122. The van der Waals surface area contributed by atoms with Crippen LogP contribution in [-0.2, 0) is 0 Å². The van der Waals surface area contributed by atoms with Gasteiger partial charge in [-0.3, -0.25) is 4.90 Å². The van der Waals surface area contributed by atoms with Crippen molar-refractivity contribution < 1.29 is 8.78 Å². The van der Waals surface area contributed by atoms with Crippen molar-refractivity contribution in [2.24, 2.45) is 0 Å². The number of hydrogen-bond donors (Lipinski definition) is 1. The maximum Gasteiger partial charge on any atom is 0.163 e. The molecule has 4 heteroatoms. The van der Waals surface area contributed by atoms with E-state index in [1.54, 1.807) is 12.1 Å². The Morgan fingerprint density at radius 1 is 1.44 bits per heavy atom. The van der Waals surface area contributed by atoms with Crippen molar-refractivity contribution in [3.8, 4) is 0 Å². The highest BCUT2D eigenvalue weighted by Crippen LogP contribution is 2.24. The van der Waals surface area contributed by atoms with Crippen LogP contribution < -0.4 is 5.32 Å². The number of hydrogen-bond acceptors (Lipinski definition) is 2. The van der Waals surface area contributed by atoms with Crippen LogP contribution in [0.4, 0.5) is 8.78 Å². The normalized spacial score (nSPS) is 21.5. The highest BCUT2D eigenvalue weighted by molar-refractivity contribution is 5.22. The molecule has 1 heterocycles. The Kier molecular flexibility index (Phi) is 4.30. The SMILES string of the molecule is CC(c1cccc(F)c1F)N(C)CC1CCCN1. The Labute approximate surface area is 107 Å². The molecule has 1 N–H and O–H groups in total. The van der Waals surface area contributed by atoms with Crippen LogP contribution in [0, 0.1) is 11.6 Å². The Morgan fingerprint density at radius 3 is 2.89 bits per heavy atom. The molecular formula is C14H20F2N2. The van der Waals surface area contributed by atoms with Crippen LogP contribution in [0.15, 0.2) is 18.2 Å². The van der Waals surface area contributed by atoms with Gasteiger partial charge in [0.1, 0.15) is 0 Å². The third-order valence-corrected chi connectivity index (χ3v) is 3.76. The zero-order valence-corrected chi connectivity index (χ0v) is 10.9. The van der Waals surface area contributed by atoms with Gasteiger partial charge < -0.3 is 5.32 Å². The van der Waals surface area contributed by atoms with Gasteiger partial charge in [0.2, 0.25) is 0 Å². The van der Waals surface area contributed by atoms with Gasteiger partial charge in [-0.15, -0.1) is 0 Å². The summed E-state index contributed by atoms with van der Waals surface area (Å²) in [6, 6.07) is 4.72. The minimum atomic E-state index is -0.772. The minimum Gasteiger partial charge on any atom is -0.313 e. The maximum absolute atomic E-state index is 13.7. The predicted octanol–water partition coefficient (Wildman–Crippen LogP) is 2.71. The molecule has 100 valence electrons. The highest BCUT2D eigenvalue weighted by Gasteiger charge is 2.22. The Morgan fingerprint density at radius 2 is 2.22 bits per heavy atom. The fraction of sp³-hybridized carbons (Fsp3) is 0.571. The largest absolute Gasteiger partial charge is 0.313 e. The van der Waals surface area contributed by atoms with Gasteiger partial charge >= 0.3 is 0 Å². The molecule has 1 fully saturated rings. The van der Waals surface area contributed by atoms with Crippen LogP contribution in [0.25, 0.3) is 0 Å². The van der Waals surface area contributed by atoms with Crippen molar-refractivity contribution in [2.75, 3.05) is 20.1 Å². The first-order valence-electron chi connectivity index (χ1n) is 6.47. The van der Waals surface area contributed by atoms with Crippen molar-refractivity contribution in [1.82, 2.24) is 10.2 Å². The molecule has 0 amide bonds. The van der Waals surface area contributed by atoms with E-state index in [4.69, 9.17) is 0 Å². The second-order valence-corrected chi connectivity index (χ2v) is 5.05. The lowest BCUT2D eigenvalue weighted by Gasteiger charge is -2.28. The van der Waals surface area contributed by atoms with Crippen LogP contribution in [0.3, 0.4) is 0 Å². The number of benzene rings is 1. The smallest absolute Gasteiger partial charge is 0.163 e. The monoisotopic (exact) mass is 254 g/mol. The Hall–Kier alpha value is -1.00. The molecule has 2 atom stereocenters. The summed E-state index contributed by atoms with van der Waals surface area (Å²) in [6.45, 7) is 3.82. The fourth-order valence-corrected chi connectivity index (χ4v) is 2.50. The van der Waals surface area contributed by atoms with Gasteiger partial charge in [0.25, 0.3) is 0 Å². The van der Waals surface area contributed by atoms with Gasteiger partial charge in [0.15, 0.2) is 11.6 Å². The van der Waals surface area contributed by atoms with E-state index in [1.165, 1.54) is 6.42 Å². The van der Waals surface area contributed by atoms with E-state index in [2.05, 4.69) is 10.2 Å². The van der Waals surface area contributed by atoms with E-state index in [0.717, 1.165) is 25.6 Å². The second kappa shape index (κ2) is 5.76. The van der Waals surface area contributed by atoms with Gasteiger partial charge in [0, 0.05) is 24.2 Å². The fourth-order valence-electron chi connectivity index (χ4n) is 2.50. The summed E-state index contributed by atoms with van der Waals surface area (Å²) in [6.07, 6.45) is 2.35. The van der Waals surface area contributed by atoms with Crippen LogP contribution in [0.5, 0.6) is 0 Å². The molecule has 1 aliphatic rings. The first-order chi connectivity index (χ1) is 8.59. The average Bonchev–Trinajstić information content (AvgIpc) is 2.84. The zero-order chi connectivity index (χ0) is 13.1. The molecule has 18 heavy (non-hydrogen) atoms. The summed E-state index contributed by atoms with van der Waals surface area (Å²) in [7, 11) is 1.95. The van der Waals surface area contributed by atoms with Crippen molar-refractivity contribution in [3.63, 3.8) is 0 Å². The molecule has 0 radical (unpaired) electrons. The molecule has 0 aromatic heterocycles. The van der Waals surface area contributed by atoms with E-state index in [9.17, 15) is 8.78 Å². The molecule has 0 spiro atoms. The topological polar surface area (TPSA) is 15.3 Å². The molecule has 0 bridgehead atoms. The molecule has 1 aromatic carbocycles. The molecule has 1 aromatic rings. The number of nitrogens with zero attached hydrogens (tertiary/aromatic N) is 1. The van der Waals surface area contributed by atoms with Crippen molar-refractivity contribution in [1.29, 1.82) is 0 Å². The van der Waals surface area contributed by atoms with Crippen LogP contribution >= 0.6 is 0 Å². The van der Waals surface area contributed by atoms with E-state index < -0.39 is 11.6 Å². The predicted molar refractivity (Wildman–Crippen MR) is 68.4 cm³/mol. The number of rotatable bonds is 4. The third kappa shape index (κ3) is 2.87. The lowest BCUT2D eigenvalue weighted by atomic mass is 10.1. The quantitative estimate of drug-likeness (QED) is 0.888. The Bertz CT molecular complexity index is 403. The summed E-state index contributed by atoms with van der Waals surface area (Å²) < 4.78 is 26.9. The molecule has 0 saturated carbocycles. The molecule has 2 unspecified atom stereocenters. The van der Waals surface area contributed by atoms with Crippen molar-refractivity contribution in [2.45, 2.75) is 31.8 Å². The van der Waals surface area contributed by atoms with Crippen molar-refractivity contribution >= 4 is 0 Å². The lowest BCUT2D eigenvalue weighted by molar-refractivity contribution is 0.232. The zero-order valence-electron chi connectivity index (χ0n) is 10.9.